The van der Waals surface area contributed by atoms with E-state index >= 15 is 0 Å². The number of halogens is 1. The predicted molar refractivity (Wildman–Crippen MR) is 97.7 cm³/mol. The third kappa shape index (κ3) is 3.17. The third-order valence-electron chi connectivity index (χ3n) is 3.95. The van der Waals surface area contributed by atoms with E-state index in [-0.39, 0.29) is 24.6 Å². The summed E-state index contributed by atoms with van der Waals surface area (Å²) in [6, 6.07) is 6.86. The number of amides is 1. The van der Waals surface area contributed by atoms with E-state index in [2.05, 4.69) is 5.32 Å². The molecule has 1 aliphatic rings. The van der Waals surface area contributed by atoms with Crippen molar-refractivity contribution in [2.45, 2.75) is 6.92 Å². The average Bonchev–Trinajstić information content (AvgIpc) is 3.13. The number of nitrogens with zero attached hydrogens (tertiary/aromatic N) is 2. The number of hydrogen-bond acceptors (Lipinski definition) is 5. The molecule has 3 rings (SSSR count). The lowest BCUT2D eigenvalue weighted by Crippen LogP contribution is -2.40. The summed E-state index contributed by atoms with van der Waals surface area (Å²) in [5.74, 6) is -1.07. The van der Waals surface area contributed by atoms with Crippen LogP contribution in [-0.2, 0) is 10.2 Å². The van der Waals surface area contributed by atoms with Crippen molar-refractivity contribution in [2.75, 3.05) is 28.7 Å². The number of benzene rings is 1. The second-order valence-corrected chi connectivity index (χ2v) is 8.62. The lowest BCUT2D eigenvalue weighted by molar-refractivity contribution is 0.0958. The Balaban J connectivity index is 1.70. The molecule has 1 aliphatic heterocycles. The highest BCUT2D eigenvalue weighted by molar-refractivity contribution is 7.94. The van der Waals surface area contributed by atoms with Crippen LogP contribution in [0.5, 0.6) is 0 Å². The molecule has 0 radical (unpaired) electrons. The zero-order valence-corrected chi connectivity index (χ0v) is 15.7. The quantitative estimate of drug-likeness (QED) is 0.782. The molecule has 0 bridgehead atoms. The van der Waals surface area contributed by atoms with E-state index in [1.54, 1.807) is 12.1 Å². The lowest BCUT2D eigenvalue weighted by Gasteiger charge is -2.19. The molecule has 2 heterocycles. The second-order valence-electron chi connectivity index (χ2n) is 5.66. The Bertz CT molecular complexity index is 987. The van der Waals surface area contributed by atoms with Crippen molar-refractivity contribution in [1.29, 1.82) is 0 Å². The molecule has 26 heavy (non-hydrogen) atoms. The minimum Gasteiger partial charge on any atom is -0.350 e. The molecule has 0 atom stereocenters. The summed E-state index contributed by atoms with van der Waals surface area (Å²) in [6.45, 7) is 1.41. The predicted octanol–water partition coefficient (Wildman–Crippen LogP) is 2.02. The molecule has 0 spiro atoms. The smallest absolute Gasteiger partial charge is 0.326 e. The molecule has 0 saturated heterocycles. The highest BCUT2D eigenvalue weighted by atomic mass is 32.2. The standard InChI is InChI=1S/C16H16FN3O4S2/c1-10(21)14-5-6-15(25-14)16(22)18-7-8-20-13-9-11(17)3-4-12(13)19(2)26(20,23)24/h3-6,9H,7-8H2,1-2H3,(H,18,22). The van der Waals surface area contributed by atoms with Crippen molar-refractivity contribution in [3.8, 4) is 0 Å². The van der Waals surface area contributed by atoms with E-state index in [9.17, 15) is 22.4 Å². The zero-order chi connectivity index (χ0) is 19.1. The van der Waals surface area contributed by atoms with Gasteiger partial charge in [0.15, 0.2) is 5.78 Å². The van der Waals surface area contributed by atoms with Crippen LogP contribution in [0, 0.1) is 5.82 Å². The van der Waals surface area contributed by atoms with Gasteiger partial charge in [0.1, 0.15) is 5.82 Å². The van der Waals surface area contributed by atoms with E-state index in [1.807, 2.05) is 0 Å². The molecule has 0 saturated carbocycles. The maximum atomic E-state index is 13.5. The SMILES string of the molecule is CC(=O)c1ccc(C(=O)NCCN2c3cc(F)ccc3N(C)S2(=O)=O)s1. The molecule has 138 valence electrons. The van der Waals surface area contributed by atoms with Gasteiger partial charge in [0.25, 0.3) is 5.91 Å². The highest BCUT2D eigenvalue weighted by Crippen LogP contribution is 2.39. The first-order chi connectivity index (χ1) is 12.2. The van der Waals surface area contributed by atoms with Crippen molar-refractivity contribution in [1.82, 2.24) is 5.32 Å². The number of rotatable bonds is 5. The van der Waals surface area contributed by atoms with Gasteiger partial charge in [-0.2, -0.15) is 8.42 Å². The Morgan fingerprint density at radius 2 is 1.85 bits per heavy atom. The molecule has 0 unspecified atom stereocenters. The molecular formula is C16H16FN3O4S2. The van der Waals surface area contributed by atoms with Crippen LogP contribution < -0.4 is 13.9 Å². The minimum atomic E-state index is -3.80. The zero-order valence-electron chi connectivity index (χ0n) is 14.0. The fourth-order valence-electron chi connectivity index (χ4n) is 2.60. The third-order valence-corrected chi connectivity index (χ3v) is 6.96. The molecule has 7 nitrogen and oxygen atoms in total. The van der Waals surface area contributed by atoms with Gasteiger partial charge in [0, 0.05) is 19.7 Å². The van der Waals surface area contributed by atoms with E-state index in [1.165, 1.54) is 26.1 Å². The van der Waals surface area contributed by atoms with Crippen LogP contribution in [0.4, 0.5) is 15.8 Å². The summed E-state index contributed by atoms with van der Waals surface area (Å²) >= 11 is 1.07. The van der Waals surface area contributed by atoms with Crippen LogP contribution in [0.1, 0.15) is 26.3 Å². The summed E-state index contributed by atoms with van der Waals surface area (Å²) in [5.41, 5.74) is 0.610. The summed E-state index contributed by atoms with van der Waals surface area (Å²) in [6.07, 6.45) is 0. The number of nitrogens with one attached hydrogen (secondary N) is 1. The van der Waals surface area contributed by atoms with Crippen molar-refractivity contribution in [3.05, 3.63) is 45.9 Å². The first-order valence-corrected chi connectivity index (χ1v) is 9.88. The van der Waals surface area contributed by atoms with Crippen molar-refractivity contribution in [2.24, 2.45) is 0 Å². The van der Waals surface area contributed by atoms with Crippen LogP contribution in [-0.4, -0.2) is 40.2 Å². The van der Waals surface area contributed by atoms with Gasteiger partial charge in [-0.25, -0.2) is 8.70 Å². The van der Waals surface area contributed by atoms with Crippen LogP contribution in [0.15, 0.2) is 30.3 Å². The normalized spacial score (nSPS) is 15.0. The Labute approximate surface area is 154 Å². The van der Waals surface area contributed by atoms with Gasteiger partial charge in [0.05, 0.1) is 27.7 Å². The van der Waals surface area contributed by atoms with Gasteiger partial charge < -0.3 is 5.32 Å². The summed E-state index contributed by atoms with van der Waals surface area (Å²) in [7, 11) is -2.42. The van der Waals surface area contributed by atoms with Gasteiger partial charge in [-0.3, -0.25) is 13.9 Å². The van der Waals surface area contributed by atoms with E-state index < -0.39 is 21.9 Å². The fourth-order valence-corrected chi connectivity index (χ4v) is 4.84. The highest BCUT2D eigenvalue weighted by Gasteiger charge is 2.37. The fraction of sp³-hybridized carbons (Fsp3) is 0.250. The van der Waals surface area contributed by atoms with Crippen molar-refractivity contribution in [3.63, 3.8) is 0 Å². The van der Waals surface area contributed by atoms with Crippen LogP contribution >= 0.6 is 11.3 Å². The largest absolute Gasteiger partial charge is 0.350 e. The first kappa shape index (κ1) is 18.3. The van der Waals surface area contributed by atoms with Crippen LogP contribution in [0.3, 0.4) is 0 Å². The van der Waals surface area contributed by atoms with Crippen molar-refractivity contribution >= 4 is 44.6 Å². The van der Waals surface area contributed by atoms with Gasteiger partial charge in [-0.1, -0.05) is 0 Å². The number of hydrogen-bond donors (Lipinski definition) is 1. The Morgan fingerprint density at radius 3 is 2.50 bits per heavy atom. The van der Waals surface area contributed by atoms with Gasteiger partial charge >= 0.3 is 10.2 Å². The summed E-state index contributed by atoms with van der Waals surface area (Å²) < 4.78 is 40.6. The first-order valence-electron chi connectivity index (χ1n) is 7.67. The van der Waals surface area contributed by atoms with E-state index in [0.29, 0.717) is 15.4 Å². The number of fused-ring (bicyclic) bond motifs is 1. The van der Waals surface area contributed by atoms with E-state index in [4.69, 9.17) is 0 Å². The van der Waals surface area contributed by atoms with Gasteiger partial charge in [0.2, 0.25) is 0 Å². The number of thiophene rings is 1. The van der Waals surface area contributed by atoms with Crippen LogP contribution in [0.25, 0.3) is 0 Å². The molecule has 1 aromatic carbocycles. The Morgan fingerprint density at radius 1 is 1.15 bits per heavy atom. The molecule has 0 fully saturated rings. The molecule has 0 aliphatic carbocycles. The maximum absolute atomic E-state index is 13.5. The monoisotopic (exact) mass is 397 g/mol. The number of ketones is 1. The summed E-state index contributed by atoms with van der Waals surface area (Å²) in [4.78, 5) is 24.3. The maximum Gasteiger partial charge on any atom is 0.326 e. The minimum absolute atomic E-state index is 0.0369. The van der Waals surface area contributed by atoms with Crippen LogP contribution in [0.2, 0.25) is 0 Å². The number of anilines is 2. The number of carbonyl (C=O) groups excluding carboxylic acids is 2. The lowest BCUT2D eigenvalue weighted by atomic mass is 10.2. The Kier molecular flexibility index (Phi) is 4.72. The van der Waals surface area contributed by atoms with Crippen molar-refractivity contribution < 1.29 is 22.4 Å². The Hall–Kier alpha value is -2.46. The molecule has 1 amide bonds. The van der Waals surface area contributed by atoms with Gasteiger partial charge in [-0.15, -0.1) is 11.3 Å². The summed E-state index contributed by atoms with van der Waals surface area (Å²) in [5, 5.41) is 2.62. The number of Topliss-reactive ketones (excluding diaryl/α,β-unsaturated/α-hetero) is 1. The topological polar surface area (TPSA) is 86.8 Å². The molecule has 1 N–H and O–H groups in total. The molecule has 2 aromatic rings. The van der Waals surface area contributed by atoms with E-state index in [0.717, 1.165) is 26.0 Å². The number of carbonyl (C=O) groups is 2. The average molecular weight is 397 g/mol. The molecular weight excluding hydrogens is 381 g/mol. The second kappa shape index (κ2) is 6.69. The molecule has 1 aromatic heterocycles. The van der Waals surface area contributed by atoms with Gasteiger partial charge in [-0.05, 0) is 31.2 Å². The molecule has 10 heteroatoms.